The van der Waals surface area contributed by atoms with Crippen LogP contribution < -0.4 is 10.1 Å². The predicted octanol–water partition coefficient (Wildman–Crippen LogP) is 3.66. The predicted molar refractivity (Wildman–Crippen MR) is 113 cm³/mol. The molecule has 3 rings (SSSR count). The average Bonchev–Trinajstić information content (AvgIpc) is 3.17. The summed E-state index contributed by atoms with van der Waals surface area (Å²) in [6.07, 6.45) is 0. The molecule has 0 aliphatic heterocycles. The van der Waals surface area contributed by atoms with Crippen molar-refractivity contribution in [3.05, 3.63) is 81.3 Å². The minimum absolute atomic E-state index is 0.0814. The van der Waals surface area contributed by atoms with Crippen LogP contribution in [-0.4, -0.2) is 35.8 Å². The second kappa shape index (κ2) is 9.34. The van der Waals surface area contributed by atoms with Gasteiger partial charge in [-0.1, -0.05) is 12.1 Å². The molecule has 1 N–H and O–H groups in total. The fourth-order valence-corrected chi connectivity index (χ4v) is 3.39. The summed E-state index contributed by atoms with van der Waals surface area (Å²) >= 11 is 1.59. The standard InChI is InChI=1S/C22H23N3O3S/c1-15-24-19(14-29-15)13-28-20-10-8-18(9-11-20)22(27)25(3)12-16-4-6-17(7-5-16)21(26)23-2/h4-11,14H,12-13H2,1-3H3,(H,23,26). The first-order valence-corrected chi connectivity index (χ1v) is 10.0. The van der Waals surface area contributed by atoms with E-state index in [1.54, 1.807) is 66.7 Å². The van der Waals surface area contributed by atoms with Crippen molar-refractivity contribution in [3.8, 4) is 5.75 Å². The van der Waals surface area contributed by atoms with Gasteiger partial charge in [0, 0.05) is 37.1 Å². The van der Waals surface area contributed by atoms with E-state index in [9.17, 15) is 9.59 Å². The fraction of sp³-hybridized carbons (Fsp3) is 0.227. The number of nitrogens with zero attached hydrogens (tertiary/aromatic N) is 2. The SMILES string of the molecule is CNC(=O)c1ccc(CN(C)C(=O)c2ccc(OCc3csc(C)n3)cc2)cc1. The van der Waals surface area contributed by atoms with Crippen LogP contribution in [0.3, 0.4) is 0 Å². The van der Waals surface area contributed by atoms with Gasteiger partial charge in [-0.2, -0.15) is 0 Å². The Morgan fingerprint density at radius 2 is 1.72 bits per heavy atom. The van der Waals surface area contributed by atoms with Crippen molar-refractivity contribution >= 4 is 23.2 Å². The van der Waals surface area contributed by atoms with E-state index in [1.807, 2.05) is 24.4 Å². The van der Waals surface area contributed by atoms with Crippen molar-refractivity contribution in [2.45, 2.75) is 20.1 Å². The Hall–Kier alpha value is -3.19. The van der Waals surface area contributed by atoms with E-state index in [0.29, 0.717) is 30.0 Å². The number of carbonyl (C=O) groups excluding carboxylic acids is 2. The monoisotopic (exact) mass is 409 g/mol. The van der Waals surface area contributed by atoms with Gasteiger partial charge in [0.25, 0.3) is 11.8 Å². The Balaban J connectivity index is 1.56. The molecule has 0 unspecified atom stereocenters. The van der Waals surface area contributed by atoms with E-state index >= 15 is 0 Å². The van der Waals surface area contributed by atoms with Gasteiger partial charge in [-0.05, 0) is 48.9 Å². The Morgan fingerprint density at radius 3 is 2.31 bits per heavy atom. The van der Waals surface area contributed by atoms with Crippen molar-refractivity contribution in [1.82, 2.24) is 15.2 Å². The van der Waals surface area contributed by atoms with E-state index in [4.69, 9.17) is 4.74 Å². The van der Waals surface area contributed by atoms with Crippen molar-refractivity contribution < 1.29 is 14.3 Å². The number of amides is 2. The summed E-state index contributed by atoms with van der Waals surface area (Å²) in [6, 6.07) is 14.3. The van der Waals surface area contributed by atoms with Gasteiger partial charge in [0.2, 0.25) is 0 Å². The molecule has 0 aliphatic rings. The molecule has 150 valence electrons. The summed E-state index contributed by atoms with van der Waals surface area (Å²) in [7, 11) is 3.35. The first-order chi connectivity index (χ1) is 14.0. The van der Waals surface area contributed by atoms with E-state index in [-0.39, 0.29) is 11.8 Å². The zero-order valence-electron chi connectivity index (χ0n) is 16.6. The van der Waals surface area contributed by atoms with Crippen LogP contribution >= 0.6 is 11.3 Å². The number of rotatable bonds is 7. The second-order valence-electron chi connectivity index (χ2n) is 6.61. The molecule has 0 saturated carbocycles. The van der Waals surface area contributed by atoms with Crippen LogP contribution in [0.15, 0.2) is 53.9 Å². The zero-order valence-corrected chi connectivity index (χ0v) is 17.5. The lowest BCUT2D eigenvalue weighted by Gasteiger charge is -2.18. The third-order valence-electron chi connectivity index (χ3n) is 4.36. The topological polar surface area (TPSA) is 71.5 Å². The lowest BCUT2D eigenvalue weighted by molar-refractivity contribution is 0.0784. The van der Waals surface area contributed by atoms with Crippen molar-refractivity contribution in [1.29, 1.82) is 0 Å². The number of nitrogens with one attached hydrogen (secondary N) is 1. The van der Waals surface area contributed by atoms with Crippen LogP contribution in [0.4, 0.5) is 0 Å². The van der Waals surface area contributed by atoms with Gasteiger partial charge in [-0.15, -0.1) is 11.3 Å². The van der Waals surface area contributed by atoms with Crippen molar-refractivity contribution in [2.24, 2.45) is 0 Å². The Bertz CT molecular complexity index is 981. The molecule has 0 saturated heterocycles. The highest BCUT2D eigenvalue weighted by Crippen LogP contribution is 2.17. The van der Waals surface area contributed by atoms with Gasteiger partial charge in [0.05, 0.1) is 10.7 Å². The van der Waals surface area contributed by atoms with E-state index in [0.717, 1.165) is 16.3 Å². The third kappa shape index (κ3) is 5.42. The molecule has 0 spiro atoms. The van der Waals surface area contributed by atoms with Gasteiger partial charge < -0.3 is 15.0 Å². The Labute approximate surface area is 174 Å². The quantitative estimate of drug-likeness (QED) is 0.646. The van der Waals surface area contributed by atoms with Crippen LogP contribution in [0.25, 0.3) is 0 Å². The maximum Gasteiger partial charge on any atom is 0.253 e. The molecule has 1 aromatic heterocycles. The number of hydrogen-bond acceptors (Lipinski definition) is 5. The van der Waals surface area contributed by atoms with Gasteiger partial charge in [-0.3, -0.25) is 9.59 Å². The number of thiazole rings is 1. The molecule has 0 bridgehead atoms. The highest BCUT2D eigenvalue weighted by Gasteiger charge is 2.13. The van der Waals surface area contributed by atoms with E-state index < -0.39 is 0 Å². The van der Waals surface area contributed by atoms with Gasteiger partial charge in [-0.25, -0.2) is 4.98 Å². The molecular weight excluding hydrogens is 386 g/mol. The largest absolute Gasteiger partial charge is 0.487 e. The molecule has 0 aliphatic carbocycles. The third-order valence-corrected chi connectivity index (χ3v) is 5.19. The van der Waals surface area contributed by atoms with Crippen molar-refractivity contribution in [2.75, 3.05) is 14.1 Å². The number of benzene rings is 2. The lowest BCUT2D eigenvalue weighted by Crippen LogP contribution is -2.26. The first kappa shape index (κ1) is 20.5. The Kier molecular flexibility index (Phi) is 6.61. The Morgan fingerprint density at radius 1 is 1.07 bits per heavy atom. The van der Waals surface area contributed by atoms with Crippen LogP contribution in [0.1, 0.15) is 37.0 Å². The number of hydrogen-bond donors (Lipinski definition) is 1. The van der Waals surface area contributed by atoms with Crippen LogP contribution in [0.5, 0.6) is 5.75 Å². The molecule has 29 heavy (non-hydrogen) atoms. The van der Waals surface area contributed by atoms with E-state index in [1.165, 1.54) is 0 Å². The highest BCUT2D eigenvalue weighted by molar-refractivity contribution is 7.09. The number of ether oxygens (including phenoxy) is 1. The summed E-state index contributed by atoms with van der Waals surface area (Å²) < 4.78 is 5.72. The van der Waals surface area contributed by atoms with E-state index in [2.05, 4.69) is 10.3 Å². The number of aryl methyl sites for hydroxylation is 1. The summed E-state index contributed by atoms with van der Waals surface area (Å²) in [4.78, 5) is 30.3. The summed E-state index contributed by atoms with van der Waals surface area (Å²) in [6.45, 7) is 2.82. The molecule has 0 atom stereocenters. The second-order valence-corrected chi connectivity index (χ2v) is 7.67. The van der Waals surface area contributed by atoms with Crippen LogP contribution in [0.2, 0.25) is 0 Å². The maximum atomic E-state index is 12.7. The molecule has 2 amide bonds. The molecule has 1 heterocycles. The number of aromatic nitrogens is 1. The van der Waals surface area contributed by atoms with Gasteiger partial charge in [0.1, 0.15) is 12.4 Å². The van der Waals surface area contributed by atoms with Crippen molar-refractivity contribution in [3.63, 3.8) is 0 Å². The molecule has 0 radical (unpaired) electrons. The summed E-state index contributed by atoms with van der Waals surface area (Å²) in [5.41, 5.74) is 3.03. The minimum Gasteiger partial charge on any atom is -0.487 e. The van der Waals surface area contributed by atoms with Gasteiger partial charge >= 0.3 is 0 Å². The molecule has 2 aromatic carbocycles. The minimum atomic E-state index is -0.131. The highest BCUT2D eigenvalue weighted by atomic mass is 32.1. The molecule has 3 aromatic rings. The smallest absolute Gasteiger partial charge is 0.253 e. The fourth-order valence-electron chi connectivity index (χ4n) is 2.80. The number of carbonyl (C=O) groups is 2. The van der Waals surface area contributed by atoms with Gasteiger partial charge in [0.15, 0.2) is 0 Å². The maximum absolute atomic E-state index is 12.7. The lowest BCUT2D eigenvalue weighted by atomic mass is 10.1. The summed E-state index contributed by atoms with van der Waals surface area (Å²) in [5, 5.41) is 5.57. The normalized spacial score (nSPS) is 10.4. The summed E-state index contributed by atoms with van der Waals surface area (Å²) in [5.74, 6) is 0.481. The van der Waals surface area contributed by atoms with Crippen LogP contribution in [-0.2, 0) is 13.2 Å². The molecular formula is C22H23N3O3S. The zero-order chi connectivity index (χ0) is 20.8. The van der Waals surface area contributed by atoms with Crippen LogP contribution in [0, 0.1) is 6.92 Å². The molecule has 6 nitrogen and oxygen atoms in total. The molecule has 7 heteroatoms. The average molecular weight is 410 g/mol. The first-order valence-electron chi connectivity index (χ1n) is 9.16. The molecule has 0 fully saturated rings.